The van der Waals surface area contributed by atoms with Gasteiger partial charge in [0.25, 0.3) is 0 Å². The summed E-state index contributed by atoms with van der Waals surface area (Å²) in [4.78, 5) is 2.86. The average molecular weight is 265 g/mol. The molecule has 18 heavy (non-hydrogen) atoms. The van der Waals surface area contributed by atoms with Crippen molar-refractivity contribution >= 4 is 17.4 Å². The molecule has 0 aliphatic carbocycles. The molecule has 1 nitrogen and oxygen atoms in total. The van der Waals surface area contributed by atoms with Gasteiger partial charge in [-0.1, -0.05) is 40.2 Å². The molecule has 0 aliphatic heterocycles. The molecule has 0 unspecified atom stereocenters. The van der Waals surface area contributed by atoms with Crippen molar-refractivity contribution in [3.05, 3.63) is 27.5 Å². The van der Waals surface area contributed by atoms with Crippen LogP contribution in [0, 0.1) is 11.8 Å². The van der Waals surface area contributed by atoms with E-state index < -0.39 is 0 Å². The van der Waals surface area contributed by atoms with Gasteiger partial charge in [0.15, 0.2) is 0 Å². The van der Waals surface area contributed by atoms with Crippen molar-refractivity contribution in [2.45, 2.75) is 41.0 Å². The van der Waals surface area contributed by atoms with Gasteiger partial charge in [0, 0.05) is 16.3 Å². The fraction of sp³-hybridized carbons (Fsp3) is 0.625. The second-order valence-electron chi connectivity index (χ2n) is 5.56. The Kier molecular flexibility index (Phi) is 6.66. The van der Waals surface area contributed by atoms with Crippen LogP contribution in [-0.4, -0.2) is 13.1 Å². The molecular weight excluding hydrogens is 238 g/mol. The molecule has 0 fully saturated rings. The predicted molar refractivity (Wildman–Crippen MR) is 84.2 cm³/mol. The van der Waals surface area contributed by atoms with Crippen molar-refractivity contribution in [1.29, 1.82) is 0 Å². The van der Waals surface area contributed by atoms with Gasteiger partial charge in [-0.3, -0.25) is 0 Å². The van der Waals surface area contributed by atoms with E-state index in [2.05, 4.69) is 58.1 Å². The van der Waals surface area contributed by atoms with Crippen molar-refractivity contribution in [2.75, 3.05) is 13.1 Å². The fourth-order valence-corrected chi connectivity index (χ4v) is 2.70. The van der Waals surface area contributed by atoms with E-state index in [0.717, 1.165) is 19.5 Å². The number of thiophene rings is 1. The maximum absolute atomic E-state index is 3.54. The Hall–Kier alpha value is -0.600. The van der Waals surface area contributed by atoms with Gasteiger partial charge >= 0.3 is 0 Å². The van der Waals surface area contributed by atoms with E-state index in [-0.39, 0.29) is 0 Å². The van der Waals surface area contributed by atoms with E-state index in [0.29, 0.717) is 11.8 Å². The van der Waals surface area contributed by atoms with Gasteiger partial charge in [0.1, 0.15) is 0 Å². The molecule has 2 heteroatoms. The lowest BCUT2D eigenvalue weighted by Gasteiger charge is -2.13. The van der Waals surface area contributed by atoms with Gasteiger partial charge in [0.05, 0.1) is 0 Å². The van der Waals surface area contributed by atoms with Gasteiger partial charge in [-0.25, -0.2) is 0 Å². The molecule has 0 saturated heterocycles. The first-order valence-corrected chi connectivity index (χ1v) is 7.84. The van der Waals surface area contributed by atoms with Crippen molar-refractivity contribution in [3.8, 4) is 0 Å². The Labute approximate surface area is 116 Å². The Balaban J connectivity index is 2.65. The van der Waals surface area contributed by atoms with Crippen LogP contribution >= 0.6 is 11.3 Å². The lowest BCUT2D eigenvalue weighted by atomic mass is 10.0. The molecule has 1 N–H and O–H groups in total. The molecule has 1 heterocycles. The highest BCUT2D eigenvalue weighted by molar-refractivity contribution is 7.12. The van der Waals surface area contributed by atoms with E-state index in [1.165, 1.54) is 15.3 Å². The highest BCUT2D eigenvalue weighted by Crippen LogP contribution is 2.22. The van der Waals surface area contributed by atoms with Crippen LogP contribution in [0.25, 0.3) is 6.08 Å². The minimum Gasteiger partial charge on any atom is -0.313 e. The van der Waals surface area contributed by atoms with Gasteiger partial charge in [-0.05, 0) is 43.0 Å². The summed E-state index contributed by atoms with van der Waals surface area (Å²) < 4.78 is 0. The topological polar surface area (TPSA) is 12.0 Å². The maximum atomic E-state index is 3.54. The smallest absolute Gasteiger partial charge is 0.0273 e. The minimum atomic E-state index is 0.608. The molecule has 102 valence electrons. The van der Waals surface area contributed by atoms with Crippen molar-refractivity contribution < 1.29 is 0 Å². The Morgan fingerprint density at radius 2 is 2.00 bits per heavy atom. The standard InChI is InChI=1S/C16H27NS/c1-6-15-7-8-16(18-15)9-14(13(4)5)11-17-10-12(2)3/h7-9,12-13,17H,6,10-11H2,1-5H3. The van der Waals surface area contributed by atoms with E-state index in [9.17, 15) is 0 Å². The molecule has 0 amide bonds. The SMILES string of the molecule is CCc1ccc(C=C(CNCC(C)C)C(C)C)s1. The van der Waals surface area contributed by atoms with Crippen LogP contribution in [0.5, 0.6) is 0 Å². The molecule has 0 radical (unpaired) electrons. The third kappa shape index (κ3) is 5.36. The van der Waals surface area contributed by atoms with Crippen molar-refractivity contribution in [3.63, 3.8) is 0 Å². The monoisotopic (exact) mass is 265 g/mol. The van der Waals surface area contributed by atoms with Crippen molar-refractivity contribution in [2.24, 2.45) is 11.8 Å². The zero-order valence-corrected chi connectivity index (χ0v) is 13.2. The Bertz CT molecular complexity index is 374. The minimum absolute atomic E-state index is 0.608. The number of hydrogen-bond donors (Lipinski definition) is 1. The molecule has 1 rings (SSSR count). The number of rotatable bonds is 7. The third-order valence-corrected chi connectivity index (χ3v) is 4.16. The second-order valence-corrected chi connectivity index (χ2v) is 6.76. The van der Waals surface area contributed by atoms with Gasteiger partial charge < -0.3 is 5.32 Å². The number of nitrogens with one attached hydrogen (secondary N) is 1. The van der Waals surface area contributed by atoms with E-state index in [4.69, 9.17) is 0 Å². The number of aryl methyl sites for hydroxylation is 1. The van der Waals surface area contributed by atoms with Crippen LogP contribution in [0.3, 0.4) is 0 Å². The lowest BCUT2D eigenvalue weighted by molar-refractivity contribution is 0.558. The average Bonchev–Trinajstić information content (AvgIpc) is 2.74. The summed E-state index contributed by atoms with van der Waals surface area (Å²) in [5.74, 6) is 1.32. The highest BCUT2D eigenvalue weighted by atomic mass is 32.1. The summed E-state index contributed by atoms with van der Waals surface area (Å²) >= 11 is 1.91. The van der Waals surface area contributed by atoms with Crippen LogP contribution in [0.15, 0.2) is 17.7 Å². The zero-order valence-electron chi connectivity index (χ0n) is 12.4. The molecular formula is C16H27NS. The third-order valence-electron chi connectivity index (χ3n) is 2.98. The van der Waals surface area contributed by atoms with Crippen LogP contribution in [0.1, 0.15) is 44.4 Å². The van der Waals surface area contributed by atoms with Gasteiger partial charge in [-0.2, -0.15) is 0 Å². The van der Waals surface area contributed by atoms with Crippen LogP contribution in [0.4, 0.5) is 0 Å². The molecule has 0 aromatic carbocycles. The van der Waals surface area contributed by atoms with Crippen molar-refractivity contribution in [1.82, 2.24) is 5.32 Å². The van der Waals surface area contributed by atoms with E-state index in [1.54, 1.807) is 0 Å². The normalized spacial score (nSPS) is 12.7. The quantitative estimate of drug-likeness (QED) is 0.760. The first-order chi connectivity index (χ1) is 8.52. The summed E-state index contributed by atoms with van der Waals surface area (Å²) in [5.41, 5.74) is 1.50. The Morgan fingerprint density at radius 3 is 2.50 bits per heavy atom. The summed E-state index contributed by atoms with van der Waals surface area (Å²) in [6.45, 7) is 13.4. The summed E-state index contributed by atoms with van der Waals surface area (Å²) in [5, 5.41) is 3.54. The molecule has 0 bridgehead atoms. The number of hydrogen-bond acceptors (Lipinski definition) is 2. The van der Waals surface area contributed by atoms with Gasteiger partial charge in [-0.15, -0.1) is 11.3 Å². The Morgan fingerprint density at radius 1 is 1.28 bits per heavy atom. The largest absolute Gasteiger partial charge is 0.313 e. The molecule has 0 saturated carbocycles. The zero-order chi connectivity index (χ0) is 13.5. The van der Waals surface area contributed by atoms with Crippen LogP contribution in [-0.2, 0) is 6.42 Å². The molecule has 0 aliphatic rings. The summed E-state index contributed by atoms with van der Waals surface area (Å²) in [7, 11) is 0. The molecule has 0 atom stereocenters. The van der Waals surface area contributed by atoms with E-state index >= 15 is 0 Å². The molecule has 0 spiro atoms. The second kappa shape index (κ2) is 7.75. The maximum Gasteiger partial charge on any atom is 0.0273 e. The molecule has 1 aromatic rings. The first kappa shape index (κ1) is 15.5. The summed E-state index contributed by atoms with van der Waals surface area (Å²) in [6.07, 6.45) is 3.50. The lowest BCUT2D eigenvalue weighted by Crippen LogP contribution is -2.23. The van der Waals surface area contributed by atoms with E-state index in [1.807, 2.05) is 11.3 Å². The van der Waals surface area contributed by atoms with Crippen LogP contribution < -0.4 is 5.32 Å². The van der Waals surface area contributed by atoms with Gasteiger partial charge in [0.2, 0.25) is 0 Å². The van der Waals surface area contributed by atoms with Crippen LogP contribution in [0.2, 0.25) is 0 Å². The summed E-state index contributed by atoms with van der Waals surface area (Å²) in [6, 6.07) is 4.49. The highest BCUT2D eigenvalue weighted by Gasteiger charge is 2.05. The molecule has 1 aromatic heterocycles. The fourth-order valence-electron chi connectivity index (χ4n) is 1.77. The predicted octanol–water partition coefficient (Wildman–Crippen LogP) is 4.60. The first-order valence-electron chi connectivity index (χ1n) is 7.02.